The first-order chi connectivity index (χ1) is 30.3. The van der Waals surface area contributed by atoms with Crippen molar-refractivity contribution in [2.45, 2.75) is 10.8 Å². The van der Waals surface area contributed by atoms with Crippen molar-refractivity contribution in [3.05, 3.63) is 281 Å². The van der Waals surface area contributed by atoms with Crippen LogP contribution in [0.1, 0.15) is 44.5 Å². The monoisotopic (exact) mass is 773 g/mol. The van der Waals surface area contributed by atoms with Crippen molar-refractivity contribution >= 4 is 27.8 Å². The van der Waals surface area contributed by atoms with Gasteiger partial charge in [0.1, 0.15) is 0 Å². The van der Waals surface area contributed by atoms with Gasteiger partial charge in [0.05, 0.1) is 10.8 Å². The third-order valence-electron chi connectivity index (χ3n) is 13.9. The molecule has 10 aromatic carbocycles. The molecule has 0 aromatic heterocycles. The zero-order valence-corrected chi connectivity index (χ0v) is 33.5. The van der Waals surface area contributed by atoms with Crippen LogP contribution < -0.4 is 4.90 Å². The standard InChI is InChI=1S/C60H39N/c1-2-21-43(22-3-1)61(45-37-36-40-18-4-5-19-41(40)38-45)44-23-16-20-42(39-44)46-27-17-35-57-58(46)49-26-8-11-30-52(49)60(57)55-33-14-12-31-53(55)59(54-32-13-15-34-56(54)60)50-28-9-6-24-47(50)48-25-7-10-29-51(48)59/h1-39H. The van der Waals surface area contributed by atoms with Gasteiger partial charge in [-0.2, -0.15) is 0 Å². The van der Waals surface area contributed by atoms with E-state index in [1.165, 1.54) is 88.7 Å². The zero-order valence-electron chi connectivity index (χ0n) is 33.5. The molecule has 0 saturated carbocycles. The third kappa shape index (κ3) is 4.50. The summed E-state index contributed by atoms with van der Waals surface area (Å²) in [6.45, 7) is 0. The Morgan fingerprint density at radius 3 is 1.31 bits per heavy atom. The zero-order chi connectivity index (χ0) is 40.1. The first-order valence-corrected chi connectivity index (χ1v) is 21.3. The highest BCUT2D eigenvalue weighted by Gasteiger charge is 2.59. The molecule has 3 aliphatic rings. The molecule has 0 bridgehead atoms. The van der Waals surface area contributed by atoms with Crippen LogP contribution in [-0.4, -0.2) is 0 Å². The van der Waals surface area contributed by atoms with Crippen LogP contribution in [0, 0.1) is 0 Å². The van der Waals surface area contributed by atoms with Crippen LogP contribution in [0.4, 0.5) is 17.1 Å². The lowest BCUT2D eigenvalue weighted by atomic mass is 9.52. The highest BCUT2D eigenvalue weighted by Crippen LogP contribution is 2.68. The normalized spacial score (nSPS) is 14.2. The fourth-order valence-corrected chi connectivity index (χ4v) is 11.7. The topological polar surface area (TPSA) is 3.24 Å². The summed E-state index contributed by atoms with van der Waals surface area (Å²) in [6.07, 6.45) is 0. The number of fused-ring (bicyclic) bond motifs is 17. The first-order valence-electron chi connectivity index (χ1n) is 21.3. The van der Waals surface area contributed by atoms with Gasteiger partial charge in [-0.05, 0) is 125 Å². The van der Waals surface area contributed by atoms with E-state index in [2.05, 4.69) is 241 Å². The molecule has 10 aromatic rings. The molecule has 3 aliphatic carbocycles. The fourth-order valence-electron chi connectivity index (χ4n) is 11.7. The molecule has 2 spiro atoms. The van der Waals surface area contributed by atoms with Crippen molar-refractivity contribution in [3.63, 3.8) is 0 Å². The van der Waals surface area contributed by atoms with Crippen LogP contribution in [0.25, 0.3) is 44.2 Å². The Balaban J connectivity index is 1.07. The quantitative estimate of drug-likeness (QED) is 0.172. The lowest BCUT2D eigenvalue weighted by Gasteiger charge is -2.48. The molecule has 0 fully saturated rings. The predicted octanol–water partition coefficient (Wildman–Crippen LogP) is 15.0. The van der Waals surface area contributed by atoms with Gasteiger partial charge >= 0.3 is 0 Å². The van der Waals surface area contributed by atoms with Crippen molar-refractivity contribution in [1.29, 1.82) is 0 Å². The van der Waals surface area contributed by atoms with E-state index in [1.54, 1.807) is 0 Å². The number of hydrogen-bond acceptors (Lipinski definition) is 1. The van der Waals surface area contributed by atoms with Crippen LogP contribution >= 0.6 is 0 Å². The molecule has 0 amide bonds. The van der Waals surface area contributed by atoms with E-state index in [0.717, 1.165) is 17.1 Å². The van der Waals surface area contributed by atoms with Crippen molar-refractivity contribution in [2.75, 3.05) is 4.90 Å². The number of nitrogens with zero attached hydrogens (tertiary/aromatic N) is 1. The van der Waals surface area contributed by atoms with E-state index in [4.69, 9.17) is 0 Å². The molecule has 0 heterocycles. The summed E-state index contributed by atoms with van der Waals surface area (Å²) in [5.41, 5.74) is 20.8. The first kappa shape index (κ1) is 34.2. The van der Waals surface area contributed by atoms with E-state index in [9.17, 15) is 0 Å². The van der Waals surface area contributed by atoms with Gasteiger partial charge in [0.15, 0.2) is 0 Å². The Bertz CT molecular complexity index is 3300. The minimum Gasteiger partial charge on any atom is -0.310 e. The summed E-state index contributed by atoms with van der Waals surface area (Å²) < 4.78 is 0. The SMILES string of the molecule is c1ccc(N(c2cccc(-c3cccc4c3-c3ccccc3C43c4ccccc4C4(c5ccccc5-c5ccccc54)c4ccccc43)c2)c2ccc3ccccc3c2)cc1. The Labute approximate surface area is 356 Å². The van der Waals surface area contributed by atoms with Crippen LogP contribution in [0.5, 0.6) is 0 Å². The molecular formula is C60H39N. The molecule has 0 unspecified atom stereocenters. The van der Waals surface area contributed by atoms with Crippen LogP contribution in [0.2, 0.25) is 0 Å². The van der Waals surface area contributed by atoms with Crippen LogP contribution in [0.3, 0.4) is 0 Å². The molecule has 61 heavy (non-hydrogen) atoms. The van der Waals surface area contributed by atoms with E-state index in [-0.39, 0.29) is 0 Å². The lowest BCUT2D eigenvalue weighted by molar-refractivity contribution is 0.633. The van der Waals surface area contributed by atoms with Gasteiger partial charge in [0, 0.05) is 17.1 Å². The third-order valence-corrected chi connectivity index (χ3v) is 13.9. The van der Waals surface area contributed by atoms with Crippen molar-refractivity contribution in [1.82, 2.24) is 0 Å². The summed E-state index contributed by atoms with van der Waals surface area (Å²) in [5.74, 6) is 0. The number of para-hydroxylation sites is 1. The molecule has 13 rings (SSSR count). The van der Waals surface area contributed by atoms with Crippen molar-refractivity contribution in [3.8, 4) is 33.4 Å². The van der Waals surface area contributed by atoms with E-state index in [1.807, 2.05) is 0 Å². The second-order valence-corrected chi connectivity index (χ2v) is 16.7. The molecule has 0 aliphatic heterocycles. The second-order valence-electron chi connectivity index (χ2n) is 16.7. The highest BCUT2D eigenvalue weighted by atomic mass is 15.1. The van der Waals surface area contributed by atoms with Crippen molar-refractivity contribution in [2.24, 2.45) is 0 Å². The molecule has 1 heteroatoms. The summed E-state index contributed by atoms with van der Waals surface area (Å²) in [7, 11) is 0. The smallest absolute Gasteiger partial charge is 0.0720 e. The highest BCUT2D eigenvalue weighted by molar-refractivity contribution is 5.99. The number of benzene rings is 10. The van der Waals surface area contributed by atoms with Gasteiger partial charge in [0.2, 0.25) is 0 Å². The maximum atomic E-state index is 2.43. The average Bonchev–Trinajstić information content (AvgIpc) is 3.80. The largest absolute Gasteiger partial charge is 0.310 e. The molecule has 0 radical (unpaired) electrons. The average molecular weight is 774 g/mol. The van der Waals surface area contributed by atoms with Gasteiger partial charge < -0.3 is 4.90 Å². The minimum absolute atomic E-state index is 0.459. The van der Waals surface area contributed by atoms with Gasteiger partial charge in [0.25, 0.3) is 0 Å². The molecule has 0 N–H and O–H groups in total. The van der Waals surface area contributed by atoms with E-state index in [0.29, 0.717) is 0 Å². The summed E-state index contributed by atoms with van der Waals surface area (Å²) >= 11 is 0. The number of hydrogen-bond donors (Lipinski definition) is 0. The lowest BCUT2D eigenvalue weighted by Crippen LogP contribution is -2.43. The van der Waals surface area contributed by atoms with Gasteiger partial charge in [-0.15, -0.1) is 0 Å². The van der Waals surface area contributed by atoms with Crippen molar-refractivity contribution < 1.29 is 0 Å². The van der Waals surface area contributed by atoms with Gasteiger partial charge in [-0.3, -0.25) is 0 Å². The van der Waals surface area contributed by atoms with E-state index < -0.39 is 10.8 Å². The van der Waals surface area contributed by atoms with Gasteiger partial charge in [-0.25, -0.2) is 0 Å². The Hall–Kier alpha value is -7.74. The second kappa shape index (κ2) is 12.9. The summed E-state index contributed by atoms with van der Waals surface area (Å²) in [5, 5.41) is 2.46. The number of rotatable bonds is 4. The predicted molar refractivity (Wildman–Crippen MR) is 252 cm³/mol. The van der Waals surface area contributed by atoms with Gasteiger partial charge in [-0.1, -0.05) is 200 Å². The minimum atomic E-state index is -0.536. The maximum absolute atomic E-state index is 2.43. The molecular weight excluding hydrogens is 735 g/mol. The molecule has 284 valence electrons. The Morgan fingerprint density at radius 2 is 0.672 bits per heavy atom. The van der Waals surface area contributed by atoms with Crippen LogP contribution in [-0.2, 0) is 10.8 Å². The molecule has 0 atom stereocenters. The fraction of sp³-hybridized carbons (Fsp3) is 0.0333. The Morgan fingerprint density at radius 1 is 0.246 bits per heavy atom. The van der Waals surface area contributed by atoms with Crippen LogP contribution in [0.15, 0.2) is 237 Å². The summed E-state index contributed by atoms with van der Waals surface area (Å²) in [6, 6.07) is 88.5. The Kier molecular flexibility index (Phi) is 7.21. The van der Waals surface area contributed by atoms with E-state index >= 15 is 0 Å². The summed E-state index contributed by atoms with van der Waals surface area (Å²) in [4.78, 5) is 2.39. The maximum Gasteiger partial charge on any atom is 0.0720 e. The number of anilines is 3. The molecule has 1 nitrogen and oxygen atoms in total. The molecule has 0 saturated heterocycles.